The van der Waals surface area contributed by atoms with Crippen LogP contribution < -0.4 is 5.32 Å². The number of imide groups is 1. The quantitative estimate of drug-likeness (QED) is 0.702. The molecule has 2 rings (SSSR count). The number of carbonyl (C=O) groups is 3. The lowest BCUT2D eigenvalue weighted by Crippen LogP contribution is -2.52. The summed E-state index contributed by atoms with van der Waals surface area (Å²) in [4.78, 5) is 37.7. The van der Waals surface area contributed by atoms with E-state index >= 15 is 0 Å². The molecule has 0 unspecified atom stereocenters. The molecular formula is C12H19N3O4. The Balaban J connectivity index is 1.94. The second kappa shape index (κ2) is 6.01. The van der Waals surface area contributed by atoms with Gasteiger partial charge in [0.25, 0.3) is 0 Å². The van der Waals surface area contributed by atoms with Gasteiger partial charge in [-0.05, 0) is 6.42 Å². The fraction of sp³-hybridized carbons (Fsp3) is 0.750. The third-order valence-electron chi connectivity index (χ3n) is 3.36. The van der Waals surface area contributed by atoms with E-state index in [1.807, 2.05) is 0 Å². The number of ether oxygens (including phenoxy) is 1. The second-order valence-corrected chi connectivity index (χ2v) is 4.81. The summed E-state index contributed by atoms with van der Waals surface area (Å²) >= 11 is 0. The number of nitrogens with one attached hydrogen (secondary N) is 1. The summed E-state index contributed by atoms with van der Waals surface area (Å²) in [5.41, 5.74) is 0. The first-order valence-electron chi connectivity index (χ1n) is 6.57. The lowest BCUT2D eigenvalue weighted by atomic mass is 10.1. The summed E-state index contributed by atoms with van der Waals surface area (Å²) in [6.07, 6.45) is 1.86. The molecule has 2 fully saturated rings. The average Bonchev–Trinajstić information content (AvgIpc) is 2.69. The standard InChI is InChI=1S/C12H19N3O4/c1-2-3-9-8-19-5-4-15(9)11(17)7-14-6-10(16)13-12(14)18/h9H,2-8H2,1H3,(H,13,16,18)/t9-/m0/s1. The SMILES string of the molecule is CCC[C@H]1COCCN1C(=O)CN1CC(=O)NC1=O. The van der Waals surface area contributed by atoms with Crippen LogP contribution in [-0.4, -0.2) is 66.5 Å². The number of amides is 4. The number of rotatable bonds is 4. The fourth-order valence-corrected chi connectivity index (χ4v) is 2.42. The van der Waals surface area contributed by atoms with Crippen LogP contribution in [0.25, 0.3) is 0 Å². The van der Waals surface area contributed by atoms with Crippen LogP contribution in [0.4, 0.5) is 4.79 Å². The number of urea groups is 1. The largest absolute Gasteiger partial charge is 0.377 e. The van der Waals surface area contributed by atoms with Gasteiger partial charge < -0.3 is 14.5 Å². The zero-order valence-electron chi connectivity index (χ0n) is 11.1. The molecule has 0 aromatic carbocycles. The van der Waals surface area contributed by atoms with Crippen molar-refractivity contribution in [3.05, 3.63) is 0 Å². The molecule has 2 aliphatic heterocycles. The van der Waals surface area contributed by atoms with E-state index in [1.54, 1.807) is 4.90 Å². The van der Waals surface area contributed by atoms with Crippen LogP contribution in [0.2, 0.25) is 0 Å². The lowest BCUT2D eigenvalue weighted by molar-refractivity contribution is -0.140. The van der Waals surface area contributed by atoms with Crippen molar-refractivity contribution in [3.63, 3.8) is 0 Å². The zero-order chi connectivity index (χ0) is 13.8. The van der Waals surface area contributed by atoms with E-state index in [9.17, 15) is 14.4 Å². The van der Waals surface area contributed by atoms with Crippen LogP contribution in [0.5, 0.6) is 0 Å². The van der Waals surface area contributed by atoms with E-state index < -0.39 is 6.03 Å². The van der Waals surface area contributed by atoms with Gasteiger partial charge in [0.1, 0.15) is 13.1 Å². The van der Waals surface area contributed by atoms with Crippen LogP contribution in [0.15, 0.2) is 0 Å². The van der Waals surface area contributed by atoms with E-state index in [2.05, 4.69) is 12.2 Å². The number of morpholine rings is 1. The first-order valence-corrected chi connectivity index (χ1v) is 6.57. The predicted molar refractivity (Wildman–Crippen MR) is 66.3 cm³/mol. The van der Waals surface area contributed by atoms with Crippen molar-refractivity contribution >= 4 is 17.8 Å². The Morgan fingerprint density at radius 1 is 1.47 bits per heavy atom. The van der Waals surface area contributed by atoms with Crippen molar-refractivity contribution in [2.75, 3.05) is 32.8 Å². The molecule has 106 valence electrons. The summed E-state index contributed by atoms with van der Waals surface area (Å²) in [6.45, 7) is 3.60. The van der Waals surface area contributed by atoms with Gasteiger partial charge in [-0.15, -0.1) is 0 Å². The van der Waals surface area contributed by atoms with Crippen LogP contribution in [0.3, 0.4) is 0 Å². The van der Waals surface area contributed by atoms with Crippen LogP contribution in [-0.2, 0) is 14.3 Å². The molecule has 4 amide bonds. The van der Waals surface area contributed by atoms with Crippen LogP contribution in [0, 0.1) is 0 Å². The predicted octanol–water partition coefficient (Wildman–Crippen LogP) is -0.434. The Morgan fingerprint density at radius 3 is 2.89 bits per heavy atom. The minimum Gasteiger partial charge on any atom is -0.377 e. The summed E-state index contributed by atoms with van der Waals surface area (Å²) in [5.74, 6) is -0.475. The maximum atomic E-state index is 12.2. The third kappa shape index (κ3) is 3.23. The van der Waals surface area contributed by atoms with Gasteiger partial charge in [0.2, 0.25) is 11.8 Å². The molecule has 0 bridgehead atoms. The first-order chi connectivity index (χ1) is 9.11. The number of carbonyl (C=O) groups excluding carboxylic acids is 3. The van der Waals surface area contributed by atoms with Gasteiger partial charge in [0.15, 0.2) is 0 Å². The van der Waals surface area contributed by atoms with Crippen molar-refractivity contribution in [2.45, 2.75) is 25.8 Å². The second-order valence-electron chi connectivity index (χ2n) is 4.81. The average molecular weight is 269 g/mol. The molecule has 7 heteroatoms. The first kappa shape index (κ1) is 13.8. The number of hydrogen-bond donors (Lipinski definition) is 1. The van der Waals surface area contributed by atoms with E-state index in [1.165, 1.54) is 4.90 Å². The molecule has 0 aromatic rings. The summed E-state index contributed by atoms with van der Waals surface area (Å²) in [5, 5.41) is 2.16. The van der Waals surface area contributed by atoms with Gasteiger partial charge in [-0.25, -0.2) is 4.79 Å². The molecule has 2 heterocycles. The highest BCUT2D eigenvalue weighted by Gasteiger charge is 2.32. The smallest absolute Gasteiger partial charge is 0.325 e. The molecule has 0 saturated carbocycles. The molecular weight excluding hydrogens is 250 g/mol. The summed E-state index contributed by atoms with van der Waals surface area (Å²) < 4.78 is 5.38. The molecule has 2 saturated heterocycles. The lowest BCUT2D eigenvalue weighted by Gasteiger charge is -2.36. The molecule has 0 radical (unpaired) electrons. The minimum absolute atomic E-state index is 0.0344. The Kier molecular flexibility index (Phi) is 4.36. The molecule has 0 aliphatic carbocycles. The van der Waals surface area contributed by atoms with Gasteiger partial charge >= 0.3 is 6.03 Å². The summed E-state index contributed by atoms with van der Waals surface area (Å²) in [6, 6.07) is -0.411. The van der Waals surface area contributed by atoms with E-state index in [0.29, 0.717) is 19.8 Å². The Morgan fingerprint density at radius 2 is 2.26 bits per heavy atom. The topological polar surface area (TPSA) is 79.0 Å². The third-order valence-corrected chi connectivity index (χ3v) is 3.36. The zero-order valence-corrected chi connectivity index (χ0v) is 11.1. The van der Waals surface area contributed by atoms with Crippen molar-refractivity contribution in [2.24, 2.45) is 0 Å². The highest BCUT2D eigenvalue weighted by atomic mass is 16.5. The molecule has 0 aromatic heterocycles. The molecule has 19 heavy (non-hydrogen) atoms. The van der Waals surface area contributed by atoms with Gasteiger partial charge in [-0.1, -0.05) is 13.3 Å². The van der Waals surface area contributed by atoms with Crippen molar-refractivity contribution in [1.82, 2.24) is 15.1 Å². The number of hydrogen-bond acceptors (Lipinski definition) is 4. The van der Waals surface area contributed by atoms with Crippen molar-refractivity contribution in [3.8, 4) is 0 Å². The normalized spacial score (nSPS) is 23.7. The maximum absolute atomic E-state index is 12.2. The molecule has 2 aliphatic rings. The summed E-state index contributed by atoms with van der Waals surface area (Å²) in [7, 11) is 0. The van der Waals surface area contributed by atoms with E-state index in [4.69, 9.17) is 4.74 Å². The highest BCUT2D eigenvalue weighted by molar-refractivity contribution is 6.03. The molecule has 1 atom stereocenters. The van der Waals surface area contributed by atoms with Gasteiger partial charge in [0.05, 0.1) is 19.3 Å². The number of nitrogens with zero attached hydrogens (tertiary/aromatic N) is 2. The highest BCUT2D eigenvalue weighted by Crippen LogP contribution is 2.13. The van der Waals surface area contributed by atoms with E-state index in [-0.39, 0.29) is 30.9 Å². The van der Waals surface area contributed by atoms with Gasteiger partial charge in [-0.3, -0.25) is 14.9 Å². The monoisotopic (exact) mass is 269 g/mol. The Hall–Kier alpha value is -1.63. The molecule has 0 spiro atoms. The Bertz CT molecular complexity index is 383. The van der Waals surface area contributed by atoms with Crippen LogP contribution in [0.1, 0.15) is 19.8 Å². The van der Waals surface area contributed by atoms with Crippen molar-refractivity contribution in [1.29, 1.82) is 0 Å². The molecule has 7 nitrogen and oxygen atoms in total. The van der Waals surface area contributed by atoms with Gasteiger partial charge in [-0.2, -0.15) is 0 Å². The fourth-order valence-electron chi connectivity index (χ4n) is 2.42. The van der Waals surface area contributed by atoms with Crippen LogP contribution >= 0.6 is 0 Å². The van der Waals surface area contributed by atoms with Gasteiger partial charge in [0, 0.05) is 6.54 Å². The Labute approximate surface area is 111 Å². The van der Waals surface area contributed by atoms with Crippen molar-refractivity contribution < 1.29 is 19.1 Å². The minimum atomic E-state index is -0.487. The van der Waals surface area contributed by atoms with E-state index in [0.717, 1.165) is 12.8 Å². The molecule has 1 N–H and O–H groups in total. The maximum Gasteiger partial charge on any atom is 0.325 e.